The van der Waals surface area contributed by atoms with Gasteiger partial charge < -0.3 is 4.74 Å². The van der Waals surface area contributed by atoms with Crippen molar-refractivity contribution in [2.45, 2.75) is 76.4 Å². The van der Waals surface area contributed by atoms with E-state index in [0.717, 1.165) is 76.3 Å². The Labute approximate surface area is 181 Å². The molecule has 0 saturated heterocycles. The van der Waals surface area contributed by atoms with E-state index >= 15 is 0 Å². The van der Waals surface area contributed by atoms with Crippen molar-refractivity contribution in [1.82, 2.24) is 0 Å². The van der Waals surface area contributed by atoms with Gasteiger partial charge in [0.1, 0.15) is 0 Å². The molecule has 0 radical (unpaired) electrons. The minimum absolute atomic E-state index is 0.190. The molecule has 2 aromatic carbocycles. The van der Waals surface area contributed by atoms with E-state index in [1.165, 1.54) is 12.1 Å². The maximum Gasteiger partial charge on any atom is 0.159 e. The highest BCUT2D eigenvalue weighted by Gasteiger charge is 2.34. The first-order valence-corrected chi connectivity index (χ1v) is 11.6. The van der Waals surface area contributed by atoms with Gasteiger partial charge in [-0.2, -0.15) is 0 Å². The number of hydrogen-bond acceptors (Lipinski definition) is 1. The first-order valence-electron chi connectivity index (χ1n) is 11.6. The molecule has 2 aliphatic rings. The number of hydrogen-bond donors (Lipinski definition) is 0. The standard InChI is InChI=1S/C26H30F4O/c27-21-13-11-19(15-23(21)29)25(17-7-3-1-4-8-17)31-26(18-9-5-2-6-10-18)20-12-14-22(28)24(30)16-20/h11-18,25-26H,1-10H2. The molecule has 5 heteroatoms. The molecule has 1 nitrogen and oxygen atoms in total. The minimum atomic E-state index is -0.885. The van der Waals surface area contributed by atoms with Crippen LogP contribution in [-0.2, 0) is 4.74 Å². The summed E-state index contributed by atoms with van der Waals surface area (Å²) in [5.41, 5.74) is 1.24. The molecule has 2 saturated carbocycles. The zero-order valence-electron chi connectivity index (χ0n) is 17.8. The highest BCUT2D eigenvalue weighted by atomic mass is 19.2. The van der Waals surface area contributed by atoms with E-state index in [-0.39, 0.29) is 11.8 Å². The van der Waals surface area contributed by atoms with Gasteiger partial charge in [-0.15, -0.1) is 0 Å². The highest BCUT2D eigenvalue weighted by Crippen LogP contribution is 2.45. The normalized spacial score (nSPS) is 20.5. The van der Waals surface area contributed by atoms with Crippen LogP contribution in [0.1, 0.15) is 87.5 Å². The first-order chi connectivity index (χ1) is 15.0. The number of benzene rings is 2. The number of ether oxygens (including phenoxy) is 1. The van der Waals surface area contributed by atoms with Crippen molar-refractivity contribution in [3.05, 3.63) is 70.8 Å². The molecule has 31 heavy (non-hydrogen) atoms. The lowest BCUT2D eigenvalue weighted by atomic mass is 9.80. The molecule has 2 atom stereocenters. The summed E-state index contributed by atoms with van der Waals surface area (Å²) < 4.78 is 62.1. The van der Waals surface area contributed by atoms with Gasteiger partial charge in [-0.1, -0.05) is 50.7 Å². The van der Waals surface area contributed by atoms with Crippen LogP contribution in [0.4, 0.5) is 17.6 Å². The summed E-state index contributed by atoms with van der Waals surface area (Å²) in [6.07, 6.45) is 9.65. The van der Waals surface area contributed by atoms with Crippen LogP contribution in [-0.4, -0.2) is 0 Å². The minimum Gasteiger partial charge on any atom is -0.365 e. The highest BCUT2D eigenvalue weighted by molar-refractivity contribution is 5.24. The molecule has 0 spiro atoms. The summed E-state index contributed by atoms with van der Waals surface area (Å²) in [5, 5.41) is 0. The van der Waals surface area contributed by atoms with Crippen LogP contribution in [0.25, 0.3) is 0 Å². The van der Waals surface area contributed by atoms with Gasteiger partial charge in [0.15, 0.2) is 23.3 Å². The summed E-state index contributed by atoms with van der Waals surface area (Å²) >= 11 is 0. The zero-order valence-corrected chi connectivity index (χ0v) is 17.8. The molecule has 0 heterocycles. The summed E-state index contributed by atoms with van der Waals surface area (Å²) in [4.78, 5) is 0. The average molecular weight is 435 g/mol. The smallest absolute Gasteiger partial charge is 0.159 e. The molecule has 2 fully saturated rings. The van der Waals surface area contributed by atoms with Gasteiger partial charge >= 0.3 is 0 Å². The molecule has 2 aliphatic carbocycles. The van der Waals surface area contributed by atoms with Gasteiger partial charge in [0.2, 0.25) is 0 Å². The van der Waals surface area contributed by atoms with Gasteiger partial charge in [-0.05, 0) is 72.9 Å². The quantitative estimate of drug-likeness (QED) is 0.416. The van der Waals surface area contributed by atoms with Crippen LogP contribution in [0.15, 0.2) is 36.4 Å². The molecule has 0 bridgehead atoms. The molecule has 2 unspecified atom stereocenters. The molecule has 0 aliphatic heterocycles. The topological polar surface area (TPSA) is 9.23 Å². The third kappa shape index (κ3) is 5.31. The second-order valence-corrected chi connectivity index (χ2v) is 9.12. The second kappa shape index (κ2) is 10.2. The lowest BCUT2D eigenvalue weighted by Gasteiger charge is -2.38. The molecule has 0 aromatic heterocycles. The van der Waals surface area contributed by atoms with Crippen LogP contribution < -0.4 is 0 Å². The van der Waals surface area contributed by atoms with Crippen molar-refractivity contribution >= 4 is 0 Å². The first kappa shape index (κ1) is 22.3. The van der Waals surface area contributed by atoms with E-state index in [4.69, 9.17) is 4.74 Å². The van der Waals surface area contributed by atoms with Crippen LogP contribution in [0.5, 0.6) is 0 Å². The Morgan fingerprint density at radius 1 is 0.548 bits per heavy atom. The summed E-state index contributed by atoms with van der Waals surface area (Å²) in [7, 11) is 0. The van der Waals surface area contributed by atoms with Crippen molar-refractivity contribution in [3.63, 3.8) is 0 Å². The van der Waals surface area contributed by atoms with Crippen LogP contribution in [0.3, 0.4) is 0 Å². The van der Waals surface area contributed by atoms with E-state index < -0.39 is 35.5 Å². The average Bonchev–Trinajstić information content (AvgIpc) is 2.80. The van der Waals surface area contributed by atoms with E-state index in [1.54, 1.807) is 12.1 Å². The number of rotatable bonds is 6. The Morgan fingerprint density at radius 3 is 1.29 bits per heavy atom. The van der Waals surface area contributed by atoms with Gasteiger partial charge in [0.25, 0.3) is 0 Å². The summed E-state index contributed by atoms with van der Waals surface area (Å²) in [6.45, 7) is 0. The van der Waals surface area contributed by atoms with E-state index in [2.05, 4.69) is 0 Å². The fourth-order valence-corrected chi connectivity index (χ4v) is 5.33. The van der Waals surface area contributed by atoms with Crippen LogP contribution >= 0.6 is 0 Å². The predicted octanol–water partition coefficient (Wildman–Crippen LogP) is 8.20. The Kier molecular flexibility index (Phi) is 7.31. The molecule has 0 amide bonds. The van der Waals surface area contributed by atoms with Gasteiger partial charge in [-0.25, -0.2) is 17.6 Å². The third-order valence-corrected chi connectivity index (χ3v) is 6.99. The molecular formula is C26H30F4O. The fraction of sp³-hybridized carbons (Fsp3) is 0.538. The van der Waals surface area contributed by atoms with Crippen molar-refractivity contribution in [2.75, 3.05) is 0 Å². The Morgan fingerprint density at radius 2 is 0.935 bits per heavy atom. The van der Waals surface area contributed by atoms with Gasteiger partial charge in [0, 0.05) is 0 Å². The lowest BCUT2D eigenvalue weighted by Crippen LogP contribution is -2.26. The van der Waals surface area contributed by atoms with Crippen molar-refractivity contribution < 1.29 is 22.3 Å². The molecule has 0 N–H and O–H groups in total. The van der Waals surface area contributed by atoms with Gasteiger partial charge in [-0.3, -0.25) is 0 Å². The van der Waals surface area contributed by atoms with Crippen molar-refractivity contribution in [1.29, 1.82) is 0 Å². The van der Waals surface area contributed by atoms with E-state index in [1.807, 2.05) is 0 Å². The monoisotopic (exact) mass is 434 g/mol. The fourth-order valence-electron chi connectivity index (χ4n) is 5.33. The molecular weight excluding hydrogens is 404 g/mol. The SMILES string of the molecule is Fc1ccc(C(OC(c2ccc(F)c(F)c2)C2CCCCC2)C2CCCCC2)cc1F. The van der Waals surface area contributed by atoms with Crippen LogP contribution in [0, 0.1) is 35.1 Å². The Hall–Kier alpha value is -1.88. The predicted molar refractivity (Wildman–Crippen MR) is 112 cm³/mol. The van der Waals surface area contributed by atoms with E-state index in [0.29, 0.717) is 11.1 Å². The van der Waals surface area contributed by atoms with E-state index in [9.17, 15) is 17.6 Å². The van der Waals surface area contributed by atoms with Crippen molar-refractivity contribution in [2.24, 2.45) is 11.8 Å². The van der Waals surface area contributed by atoms with Crippen LogP contribution in [0.2, 0.25) is 0 Å². The molecule has 168 valence electrons. The Balaban J connectivity index is 1.69. The largest absolute Gasteiger partial charge is 0.365 e. The third-order valence-electron chi connectivity index (χ3n) is 6.99. The maximum atomic E-state index is 14.1. The molecule has 2 aromatic rings. The zero-order chi connectivity index (χ0) is 21.8. The Bertz CT molecular complexity index is 800. The molecule has 4 rings (SSSR count). The number of halogens is 4. The van der Waals surface area contributed by atoms with Crippen molar-refractivity contribution in [3.8, 4) is 0 Å². The summed E-state index contributed by atoms with van der Waals surface area (Å²) in [6, 6.07) is 7.96. The maximum absolute atomic E-state index is 14.1. The van der Waals surface area contributed by atoms with Gasteiger partial charge in [0.05, 0.1) is 12.2 Å². The summed E-state index contributed by atoms with van der Waals surface area (Å²) in [5.74, 6) is -3.15. The lowest BCUT2D eigenvalue weighted by molar-refractivity contribution is -0.0866. The second-order valence-electron chi connectivity index (χ2n) is 9.12.